The number of halogens is 1. The molecular formula is C8H10ClNO. The molecule has 2 N–H and O–H groups in total. The first-order valence-corrected chi connectivity index (χ1v) is 3.86. The summed E-state index contributed by atoms with van der Waals surface area (Å²) in [6.07, 6.45) is 4.12. The molecule has 0 fully saturated rings. The average molecular weight is 172 g/mol. The number of carbonyl (C=O) groups is 1. The van der Waals surface area contributed by atoms with Crippen LogP contribution >= 0.6 is 11.6 Å². The Balaban J connectivity index is 2.82. The Morgan fingerprint density at radius 2 is 2.36 bits per heavy atom. The van der Waals surface area contributed by atoms with Gasteiger partial charge in [-0.05, 0) is 13.3 Å². The zero-order chi connectivity index (χ0) is 8.43. The van der Waals surface area contributed by atoms with Gasteiger partial charge in [-0.1, -0.05) is 17.7 Å². The minimum Gasteiger partial charge on any atom is -0.366 e. The molecule has 0 saturated heterocycles. The number of carbonyl (C=O) groups excluding carboxylic acids is 1. The molecule has 0 spiro atoms. The fourth-order valence-electron chi connectivity index (χ4n) is 0.941. The first kappa shape index (κ1) is 8.34. The smallest absolute Gasteiger partial charge is 0.244 e. The highest BCUT2D eigenvalue weighted by molar-refractivity contribution is 6.23. The third-order valence-electron chi connectivity index (χ3n) is 1.76. The lowest BCUT2D eigenvalue weighted by Gasteiger charge is -2.14. The molecule has 1 aliphatic rings. The molecular weight excluding hydrogens is 162 g/mol. The first-order valence-electron chi connectivity index (χ1n) is 3.42. The van der Waals surface area contributed by atoms with E-state index in [4.69, 9.17) is 17.3 Å². The summed E-state index contributed by atoms with van der Waals surface area (Å²) in [5.41, 5.74) is 6.77. The van der Waals surface area contributed by atoms with Crippen LogP contribution in [0.15, 0.2) is 23.3 Å². The van der Waals surface area contributed by atoms with Gasteiger partial charge in [0.25, 0.3) is 0 Å². The molecule has 0 aromatic heterocycles. The Morgan fingerprint density at radius 3 is 2.82 bits per heavy atom. The van der Waals surface area contributed by atoms with Gasteiger partial charge in [-0.2, -0.15) is 0 Å². The van der Waals surface area contributed by atoms with E-state index in [0.717, 1.165) is 5.57 Å². The summed E-state index contributed by atoms with van der Waals surface area (Å²) >= 11 is 5.89. The first-order chi connectivity index (χ1) is 5.11. The Hall–Kier alpha value is -0.760. The van der Waals surface area contributed by atoms with Crippen LogP contribution in [0.4, 0.5) is 0 Å². The van der Waals surface area contributed by atoms with Crippen LogP contribution < -0.4 is 5.73 Å². The van der Waals surface area contributed by atoms with E-state index in [1.165, 1.54) is 0 Å². The van der Waals surface area contributed by atoms with Gasteiger partial charge in [0, 0.05) is 5.57 Å². The molecule has 0 heterocycles. The summed E-state index contributed by atoms with van der Waals surface area (Å²) in [4.78, 5) is 10.7. The number of hydrogen-bond acceptors (Lipinski definition) is 1. The van der Waals surface area contributed by atoms with Crippen molar-refractivity contribution in [2.24, 2.45) is 5.73 Å². The summed E-state index contributed by atoms with van der Waals surface area (Å²) in [7, 11) is 0. The standard InChI is InChI=1S/C8H10ClNO/c1-5-2-3-6(8(10)11)4-7(5)9/h2-3,7H,4H2,1H3,(H2,10,11). The normalized spacial score (nSPS) is 24.0. The molecule has 0 radical (unpaired) electrons. The number of primary amides is 1. The van der Waals surface area contributed by atoms with Crippen molar-refractivity contribution >= 4 is 17.5 Å². The zero-order valence-electron chi connectivity index (χ0n) is 6.30. The predicted molar refractivity (Wildman–Crippen MR) is 45.3 cm³/mol. The maximum absolute atomic E-state index is 10.7. The van der Waals surface area contributed by atoms with Crippen molar-refractivity contribution in [1.82, 2.24) is 0 Å². The van der Waals surface area contributed by atoms with E-state index < -0.39 is 0 Å². The lowest BCUT2D eigenvalue weighted by Crippen LogP contribution is -2.19. The molecule has 1 atom stereocenters. The number of amides is 1. The van der Waals surface area contributed by atoms with Crippen molar-refractivity contribution in [2.75, 3.05) is 0 Å². The highest BCUT2D eigenvalue weighted by Gasteiger charge is 2.16. The molecule has 1 aliphatic carbocycles. The molecule has 0 aromatic rings. The van der Waals surface area contributed by atoms with Gasteiger partial charge in [0.1, 0.15) is 0 Å². The lowest BCUT2D eigenvalue weighted by molar-refractivity contribution is -0.114. The number of allylic oxidation sites excluding steroid dienone is 3. The van der Waals surface area contributed by atoms with Gasteiger partial charge in [0.15, 0.2) is 0 Å². The van der Waals surface area contributed by atoms with Gasteiger partial charge in [-0.3, -0.25) is 4.79 Å². The Morgan fingerprint density at radius 1 is 1.73 bits per heavy atom. The summed E-state index contributed by atoms with van der Waals surface area (Å²) in [6.45, 7) is 1.94. The Kier molecular flexibility index (Phi) is 2.35. The van der Waals surface area contributed by atoms with Crippen molar-refractivity contribution in [3.05, 3.63) is 23.3 Å². The van der Waals surface area contributed by atoms with Crippen LogP contribution in [0.25, 0.3) is 0 Å². The SMILES string of the molecule is CC1=CC=C(C(N)=O)CC1Cl. The van der Waals surface area contributed by atoms with Crippen LogP contribution in [0.3, 0.4) is 0 Å². The third kappa shape index (κ3) is 1.84. The summed E-state index contributed by atoms with van der Waals surface area (Å²) < 4.78 is 0. The van der Waals surface area contributed by atoms with Crippen LogP contribution in [0.2, 0.25) is 0 Å². The largest absolute Gasteiger partial charge is 0.366 e. The number of hydrogen-bond donors (Lipinski definition) is 1. The van der Waals surface area contributed by atoms with E-state index in [0.29, 0.717) is 12.0 Å². The zero-order valence-corrected chi connectivity index (χ0v) is 7.06. The fourth-order valence-corrected chi connectivity index (χ4v) is 1.18. The maximum Gasteiger partial charge on any atom is 0.244 e. The highest BCUT2D eigenvalue weighted by atomic mass is 35.5. The van der Waals surface area contributed by atoms with Gasteiger partial charge in [-0.25, -0.2) is 0 Å². The number of nitrogens with two attached hydrogens (primary N) is 1. The second-order valence-corrected chi connectivity index (χ2v) is 3.17. The van der Waals surface area contributed by atoms with Crippen molar-refractivity contribution in [1.29, 1.82) is 0 Å². The van der Waals surface area contributed by atoms with Crippen molar-refractivity contribution in [3.63, 3.8) is 0 Å². The molecule has 1 rings (SSSR count). The van der Waals surface area contributed by atoms with Crippen LogP contribution in [-0.2, 0) is 4.79 Å². The van der Waals surface area contributed by atoms with E-state index in [9.17, 15) is 4.79 Å². The van der Waals surface area contributed by atoms with E-state index in [-0.39, 0.29) is 11.3 Å². The van der Waals surface area contributed by atoms with Gasteiger partial charge < -0.3 is 5.73 Å². The molecule has 11 heavy (non-hydrogen) atoms. The predicted octanol–water partition coefficient (Wildman–Crippen LogP) is 1.36. The summed E-state index contributed by atoms with van der Waals surface area (Å²) in [6, 6.07) is 0. The second-order valence-electron chi connectivity index (χ2n) is 2.64. The van der Waals surface area contributed by atoms with E-state index >= 15 is 0 Å². The molecule has 2 nitrogen and oxygen atoms in total. The summed E-state index contributed by atoms with van der Waals surface area (Å²) in [5, 5.41) is -0.0671. The molecule has 60 valence electrons. The van der Waals surface area contributed by atoms with Gasteiger partial charge in [0.05, 0.1) is 5.38 Å². The monoisotopic (exact) mass is 171 g/mol. The third-order valence-corrected chi connectivity index (χ3v) is 2.26. The minimum atomic E-state index is -0.376. The number of rotatable bonds is 1. The molecule has 0 aliphatic heterocycles. The van der Waals surface area contributed by atoms with Crippen molar-refractivity contribution in [2.45, 2.75) is 18.7 Å². The van der Waals surface area contributed by atoms with Gasteiger partial charge in [0.2, 0.25) is 5.91 Å². The average Bonchev–Trinajstić information content (AvgIpc) is 1.94. The van der Waals surface area contributed by atoms with Crippen LogP contribution in [0, 0.1) is 0 Å². The van der Waals surface area contributed by atoms with E-state index in [1.54, 1.807) is 6.08 Å². The van der Waals surface area contributed by atoms with Gasteiger partial charge in [-0.15, -0.1) is 11.6 Å². The molecule has 3 heteroatoms. The highest BCUT2D eigenvalue weighted by Crippen LogP contribution is 2.22. The van der Waals surface area contributed by atoms with Gasteiger partial charge >= 0.3 is 0 Å². The Bertz CT molecular complexity index is 242. The molecule has 0 bridgehead atoms. The number of alkyl halides is 1. The van der Waals surface area contributed by atoms with Crippen molar-refractivity contribution < 1.29 is 4.79 Å². The van der Waals surface area contributed by atoms with E-state index in [1.807, 2.05) is 13.0 Å². The van der Waals surface area contributed by atoms with Crippen LogP contribution in [0.5, 0.6) is 0 Å². The van der Waals surface area contributed by atoms with E-state index in [2.05, 4.69) is 0 Å². The topological polar surface area (TPSA) is 43.1 Å². The van der Waals surface area contributed by atoms with Crippen LogP contribution in [0.1, 0.15) is 13.3 Å². The van der Waals surface area contributed by atoms with Crippen molar-refractivity contribution in [3.8, 4) is 0 Å². The molecule has 1 amide bonds. The summed E-state index contributed by atoms with van der Waals surface area (Å²) in [5.74, 6) is -0.376. The molecule has 0 saturated carbocycles. The second kappa shape index (κ2) is 3.09. The molecule has 1 unspecified atom stereocenters. The van der Waals surface area contributed by atoms with Crippen LogP contribution in [-0.4, -0.2) is 11.3 Å². The minimum absolute atomic E-state index is 0.0671. The maximum atomic E-state index is 10.7. The lowest BCUT2D eigenvalue weighted by atomic mass is 9.99. The Labute approximate surface area is 70.7 Å². The quantitative estimate of drug-likeness (QED) is 0.595. The fraction of sp³-hybridized carbons (Fsp3) is 0.375. The molecule has 0 aromatic carbocycles.